The van der Waals surface area contributed by atoms with Gasteiger partial charge in [-0.15, -0.1) is 0 Å². The molecule has 2 saturated carbocycles. The van der Waals surface area contributed by atoms with E-state index in [0.29, 0.717) is 0 Å². The monoisotopic (exact) mass is 214 g/mol. The molecule has 0 heterocycles. The molecule has 82 valence electrons. The molecule has 4 unspecified atom stereocenters. The van der Waals surface area contributed by atoms with Gasteiger partial charge < -0.3 is 10.2 Å². The Balaban J connectivity index is 2.07. The van der Waals surface area contributed by atoms with E-state index in [2.05, 4.69) is 0 Å². The average Bonchev–Trinajstić information content (AvgIpc) is 2.81. The van der Waals surface area contributed by atoms with Crippen LogP contribution in [0.2, 0.25) is 0 Å². The van der Waals surface area contributed by atoms with E-state index in [0.717, 1.165) is 0 Å². The predicted octanol–water partition coefficient (Wildman–Crippen LogP) is 0.734. The van der Waals surface area contributed by atoms with E-state index in [-0.39, 0.29) is 0 Å². The molecule has 6 heteroatoms. The van der Waals surface area contributed by atoms with Gasteiger partial charge in [-0.1, -0.05) is 0 Å². The molecule has 0 spiro atoms. The van der Waals surface area contributed by atoms with Gasteiger partial charge in [0.25, 0.3) is 11.8 Å². The van der Waals surface area contributed by atoms with E-state index in [9.17, 15) is 17.6 Å². The van der Waals surface area contributed by atoms with Gasteiger partial charge in [0.1, 0.15) is 0 Å². The highest BCUT2D eigenvalue weighted by Crippen LogP contribution is 2.71. The summed E-state index contributed by atoms with van der Waals surface area (Å²) in [6.07, 6.45) is 0. The fourth-order valence-electron chi connectivity index (χ4n) is 2.28. The quantitative estimate of drug-likeness (QED) is 0.680. The van der Waals surface area contributed by atoms with Crippen LogP contribution in [0.1, 0.15) is 0 Å². The van der Waals surface area contributed by atoms with Gasteiger partial charge in [-0.3, -0.25) is 0 Å². The summed E-state index contributed by atoms with van der Waals surface area (Å²) >= 11 is 0. The fourth-order valence-corrected chi connectivity index (χ4v) is 2.28. The Hall–Kier alpha value is -0.360. The summed E-state index contributed by atoms with van der Waals surface area (Å²) in [5, 5.41) is 17.1. The van der Waals surface area contributed by atoms with Crippen molar-refractivity contribution in [3.8, 4) is 0 Å². The Kier molecular flexibility index (Phi) is 1.89. The van der Waals surface area contributed by atoms with Gasteiger partial charge in [-0.25, -0.2) is 17.6 Å². The second-order valence-electron chi connectivity index (χ2n) is 3.98. The second-order valence-corrected chi connectivity index (χ2v) is 3.98. The number of hydrogen-bond acceptors (Lipinski definition) is 2. The highest BCUT2D eigenvalue weighted by atomic mass is 19.3. The first-order chi connectivity index (χ1) is 6.39. The zero-order chi connectivity index (χ0) is 10.7. The van der Waals surface area contributed by atoms with Gasteiger partial charge in [0, 0.05) is 11.8 Å². The van der Waals surface area contributed by atoms with Crippen molar-refractivity contribution < 1.29 is 27.8 Å². The summed E-state index contributed by atoms with van der Waals surface area (Å²) in [5.41, 5.74) is 0. The number of rotatable bonds is 3. The van der Waals surface area contributed by atoms with Crippen LogP contribution in [0.15, 0.2) is 0 Å². The first-order valence-electron chi connectivity index (χ1n) is 4.36. The van der Waals surface area contributed by atoms with Gasteiger partial charge in [0.05, 0.1) is 25.0 Å². The zero-order valence-electron chi connectivity index (χ0n) is 7.13. The molecule has 0 radical (unpaired) electrons. The highest BCUT2D eigenvalue weighted by molar-refractivity contribution is 5.20. The van der Waals surface area contributed by atoms with Crippen LogP contribution in [0.25, 0.3) is 0 Å². The molecule has 14 heavy (non-hydrogen) atoms. The standard InChI is InChI=1S/C8H10F4O2/c9-7(10)3(1-13)5(7)6-4(2-14)8(6,11)12/h3-6,13-14H,1-2H2. The predicted molar refractivity (Wildman–Crippen MR) is 38.0 cm³/mol. The van der Waals surface area contributed by atoms with Gasteiger partial charge in [-0.2, -0.15) is 0 Å². The van der Waals surface area contributed by atoms with E-state index in [4.69, 9.17) is 10.2 Å². The van der Waals surface area contributed by atoms with Crippen molar-refractivity contribution in [2.75, 3.05) is 13.2 Å². The maximum absolute atomic E-state index is 12.8. The fraction of sp³-hybridized carbons (Fsp3) is 1.00. The minimum atomic E-state index is -3.19. The minimum absolute atomic E-state index is 0.775. The van der Waals surface area contributed by atoms with Crippen molar-refractivity contribution in [1.29, 1.82) is 0 Å². The highest BCUT2D eigenvalue weighted by Gasteiger charge is 2.83. The van der Waals surface area contributed by atoms with E-state index >= 15 is 0 Å². The molecular weight excluding hydrogens is 204 g/mol. The zero-order valence-corrected chi connectivity index (χ0v) is 7.13. The Bertz CT molecular complexity index is 230. The third kappa shape index (κ3) is 1.04. The number of halogens is 4. The van der Waals surface area contributed by atoms with Gasteiger partial charge in [-0.05, 0) is 0 Å². The van der Waals surface area contributed by atoms with Gasteiger partial charge in [0.15, 0.2) is 0 Å². The van der Waals surface area contributed by atoms with Crippen molar-refractivity contribution in [2.45, 2.75) is 11.8 Å². The van der Waals surface area contributed by atoms with Crippen molar-refractivity contribution in [1.82, 2.24) is 0 Å². The third-order valence-corrected chi connectivity index (χ3v) is 3.31. The molecule has 4 atom stereocenters. The maximum atomic E-state index is 12.8. The lowest BCUT2D eigenvalue weighted by molar-refractivity contribution is 0.0467. The van der Waals surface area contributed by atoms with Gasteiger partial charge in [0.2, 0.25) is 0 Å². The van der Waals surface area contributed by atoms with E-state index in [1.54, 1.807) is 0 Å². The van der Waals surface area contributed by atoms with Gasteiger partial charge >= 0.3 is 0 Å². The normalized spacial score (nSPS) is 47.6. The Labute approximate surface area is 77.5 Å². The number of aliphatic hydroxyl groups is 2. The average molecular weight is 214 g/mol. The molecule has 0 aromatic carbocycles. The SMILES string of the molecule is OCC1C(C2C(CO)C2(F)F)C1(F)F. The van der Waals surface area contributed by atoms with Crippen LogP contribution in [0.4, 0.5) is 17.6 Å². The van der Waals surface area contributed by atoms with Crippen LogP contribution in [0.5, 0.6) is 0 Å². The van der Waals surface area contributed by atoms with Crippen molar-refractivity contribution >= 4 is 0 Å². The molecule has 2 rings (SSSR count). The number of hydrogen-bond donors (Lipinski definition) is 2. The molecule has 2 aliphatic carbocycles. The summed E-state index contributed by atoms with van der Waals surface area (Å²) in [5.74, 6) is -12.0. The van der Waals surface area contributed by atoms with Crippen LogP contribution in [-0.4, -0.2) is 35.3 Å². The summed E-state index contributed by atoms with van der Waals surface area (Å²) in [6.45, 7) is -1.55. The molecule has 2 aliphatic rings. The number of alkyl halides is 4. The molecule has 2 N–H and O–H groups in total. The summed E-state index contributed by atoms with van der Waals surface area (Å²) in [6, 6.07) is 0. The van der Waals surface area contributed by atoms with Crippen LogP contribution >= 0.6 is 0 Å². The first-order valence-corrected chi connectivity index (χ1v) is 4.36. The van der Waals surface area contributed by atoms with Crippen LogP contribution in [0.3, 0.4) is 0 Å². The second kappa shape index (κ2) is 2.61. The Morgan fingerprint density at radius 1 is 0.786 bits per heavy atom. The largest absolute Gasteiger partial charge is 0.396 e. The molecule has 0 amide bonds. The Morgan fingerprint density at radius 3 is 1.21 bits per heavy atom. The molecule has 0 aliphatic heterocycles. The van der Waals surface area contributed by atoms with E-state index in [1.165, 1.54) is 0 Å². The van der Waals surface area contributed by atoms with Crippen molar-refractivity contribution in [2.24, 2.45) is 23.7 Å². The van der Waals surface area contributed by atoms with E-state index < -0.39 is 48.7 Å². The lowest BCUT2D eigenvalue weighted by Gasteiger charge is -1.93. The topological polar surface area (TPSA) is 40.5 Å². The molecule has 0 saturated heterocycles. The first kappa shape index (κ1) is 10.2. The molecule has 2 fully saturated rings. The van der Waals surface area contributed by atoms with Crippen LogP contribution in [-0.2, 0) is 0 Å². The van der Waals surface area contributed by atoms with Crippen molar-refractivity contribution in [3.63, 3.8) is 0 Å². The smallest absolute Gasteiger partial charge is 0.257 e. The lowest BCUT2D eigenvalue weighted by atomic mass is 10.2. The molecule has 0 aromatic rings. The maximum Gasteiger partial charge on any atom is 0.257 e. The van der Waals surface area contributed by atoms with Crippen LogP contribution in [0, 0.1) is 23.7 Å². The van der Waals surface area contributed by atoms with Crippen LogP contribution < -0.4 is 0 Å². The molecule has 2 nitrogen and oxygen atoms in total. The number of aliphatic hydroxyl groups excluding tert-OH is 2. The molecule has 0 aromatic heterocycles. The summed E-state index contributed by atoms with van der Waals surface area (Å²) < 4.78 is 51.3. The minimum Gasteiger partial charge on any atom is -0.396 e. The van der Waals surface area contributed by atoms with E-state index in [1.807, 2.05) is 0 Å². The molecule has 0 bridgehead atoms. The molecular formula is C8H10F4O2. The Morgan fingerprint density at radius 2 is 1.07 bits per heavy atom. The lowest BCUT2D eigenvalue weighted by Crippen LogP contribution is -2.01. The summed E-state index contributed by atoms with van der Waals surface area (Å²) in [7, 11) is 0. The van der Waals surface area contributed by atoms with Crippen molar-refractivity contribution in [3.05, 3.63) is 0 Å². The third-order valence-electron chi connectivity index (χ3n) is 3.31. The summed E-state index contributed by atoms with van der Waals surface area (Å²) in [4.78, 5) is 0.